The zero-order valence-electron chi connectivity index (χ0n) is 11.6. The lowest BCUT2D eigenvalue weighted by Crippen LogP contribution is -2.48. The molecule has 112 valence electrons. The van der Waals surface area contributed by atoms with Gasteiger partial charge >= 0.3 is 0 Å². The summed E-state index contributed by atoms with van der Waals surface area (Å²) in [5.41, 5.74) is 0.123. The molecular weight excluding hydrogens is 286 g/mol. The molecule has 0 radical (unpaired) electrons. The van der Waals surface area contributed by atoms with Crippen LogP contribution < -0.4 is 5.32 Å². The Balaban J connectivity index is 1.95. The Kier molecular flexibility index (Phi) is 5.18. The number of anilines is 1. The molecule has 1 fully saturated rings. The molecule has 3 nitrogen and oxygen atoms in total. The van der Waals surface area contributed by atoms with Gasteiger partial charge in [-0.25, -0.2) is 8.78 Å². The van der Waals surface area contributed by atoms with Crippen LogP contribution in [0.25, 0.3) is 0 Å². The van der Waals surface area contributed by atoms with Crippen LogP contribution in [0.2, 0.25) is 5.02 Å². The van der Waals surface area contributed by atoms with Gasteiger partial charge in [0.25, 0.3) is 0 Å². The standard InChI is InChI=1S/C14H19ClF2N2O/c1-9(2)19-3-4-20-11(8-19)7-18-14-12(15)5-10(16)6-13(14)17/h5-6,9,11,18H,3-4,7-8H2,1-2H3. The molecule has 0 amide bonds. The maximum atomic E-state index is 13.6. The van der Waals surface area contributed by atoms with Crippen molar-refractivity contribution in [3.63, 3.8) is 0 Å². The quantitative estimate of drug-likeness (QED) is 0.925. The van der Waals surface area contributed by atoms with Gasteiger partial charge in [-0.3, -0.25) is 4.90 Å². The van der Waals surface area contributed by atoms with E-state index in [1.807, 2.05) is 0 Å². The molecule has 1 aliphatic rings. The molecule has 0 saturated carbocycles. The van der Waals surface area contributed by atoms with Crippen LogP contribution in [0.3, 0.4) is 0 Å². The fourth-order valence-corrected chi connectivity index (χ4v) is 2.52. The molecule has 2 rings (SSSR count). The van der Waals surface area contributed by atoms with Crippen molar-refractivity contribution in [3.8, 4) is 0 Å². The smallest absolute Gasteiger partial charge is 0.150 e. The molecule has 6 heteroatoms. The first-order valence-electron chi connectivity index (χ1n) is 6.71. The number of hydrogen-bond donors (Lipinski definition) is 1. The Morgan fingerprint density at radius 3 is 2.85 bits per heavy atom. The number of rotatable bonds is 4. The van der Waals surface area contributed by atoms with Gasteiger partial charge in [-0.15, -0.1) is 0 Å². The van der Waals surface area contributed by atoms with Crippen LogP contribution in [0.1, 0.15) is 13.8 Å². The predicted molar refractivity (Wildman–Crippen MR) is 76.3 cm³/mol. The number of nitrogens with zero attached hydrogens (tertiary/aromatic N) is 1. The van der Waals surface area contributed by atoms with Gasteiger partial charge in [-0.2, -0.15) is 0 Å². The lowest BCUT2D eigenvalue weighted by molar-refractivity contribution is -0.0315. The molecule has 1 atom stereocenters. The molecule has 1 heterocycles. The minimum Gasteiger partial charge on any atom is -0.379 e. The van der Waals surface area contributed by atoms with Crippen LogP contribution in [-0.2, 0) is 4.74 Å². The summed E-state index contributed by atoms with van der Waals surface area (Å²) in [4.78, 5) is 2.30. The second-order valence-electron chi connectivity index (χ2n) is 5.21. The molecule has 0 spiro atoms. The van der Waals surface area contributed by atoms with Crippen LogP contribution >= 0.6 is 11.6 Å². The second kappa shape index (κ2) is 6.70. The summed E-state index contributed by atoms with van der Waals surface area (Å²) in [6.45, 7) is 7.04. The van der Waals surface area contributed by atoms with E-state index < -0.39 is 11.6 Å². The van der Waals surface area contributed by atoms with E-state index in [-0.39, 0.29) is 16.8 Å². The first-order valence-corrected chi connectivity index (χ1v) is 7.09. The SMILES string of the molecule is CC(C)N1CCOC(CNc2c(F)cc(F)cc2Cl)C1. The number of ether oxygens (including phenoxy) is 1. The summed E-state index contributed by atoms with van der Waals surface area (Å²) in [6, 6.07) is 2.36. The van der Waals surface area contributed by atoms with E-state index in [1.54, 1.807) is 0 Å². The molecule has 1 unspecified atom stereocenters. The monoisotopic (exact) mass is 304 g/mol. The molecular formula is C14H19ClF2N2O. The van der Waals surface area contributed by atoms with Gasteiger partial charge in [0.2, 0.25) is 0 Å². The third-order valence-corrected chi connectivity index (χ3v) is 3.71. The summed E-state index contributed by atoms with van der Waals surface area (Å²) in [5, 5.41) is 2.95. The number of halogens is 3. The molecule has 0 aromatic heterocycles. The van der Waals surface area contributed by atoms with E-state index in [0.29, 0.717) is 19.2 Å². The summed E-state index contributed by atoms with van der Waals surface area (Å²) in [6.07, 6.45) is -0.0355. The largest absolute Gasteiger partial charge is 0.379 e. The highest BCUT2D eigenvalue weighted by molar-refractivity contribution is 6.33. The third-order valence-electron chi connectivity index (χ3n) is 3.41. The third kappa shape index (κ3) is 3.81. The van der Waals surface area contributed by atoms with Gasteiger partial charge < -0.3 is 10.1 Å². The summed E-state index contributed by atoms with van der Waals surface area (Å²) in [5.74, 6) is -1.37. The lowest BCUT2D eigenvalue weighted by Gasteiger charge is -2.35. The Morgan fingerprint density at radius 2 is 2.20 bits per heavy atom. The van der Waals surface area contributed by atoms with Crippen molar-refractivity contribution in [1.29, 1.82) is 0 Å². The summed E-state index contributed by atoms with van der Waals surface area (Å²) >= 11 is 5.84. The fraction of sp³-hybridized carbons (Fsp3) is 0.571. The van der Waals surface area contributed by atoms with Crippen LogP contribution in [0.15, 0.2) is 12.1 Å². The van der Waals surface area contributed by atoms with Crippen molar-refractivity contribution < 1.29 is 13.5 Å². The van der Waals surface area contributed by atoms with Gasteiger partial charge in [0.05, 0.1) is 23.4 Å². The number of hydrogen-bond acceptors (Lipinski definition) is 3. The van der Waals surface area contributed by atoms with Gasteiger partial charge in [-0.05, 0) is 19.9 Å². The fourth-order valence-electron chi connectivity index (χ4n) is 2.26. The van der Waals surface area contributed by atoms with Crippen LogP contribution in [0.5, 0.6) is 0 Å². The van der Waals surface area contributed by atoms with Crippen molar-refractivity contribution >= 4 is 17.3 Å². The van der Waals surface area contributed by atoms with Crippen LogP contribution in [0, 0.1) is 11.6 Å². The van der Waals surface area contributed by atoms with E-state index in [4.69, 9.17) is 16.3 Å². The van der Waals surface area contributed by atoms with E-state index in [1.165, 1.54) is 0 Å². The van der Waals surface area contributed by atoms with Gasteiger partial charge in [0.15, 0.2) is 5.82 Å². The predicted octanol–water partition coefficient (Wildman–Crippen LogP) is 3.14. The minimum absolute atomic E-state index is 0.0355. The van der Waals surface area contributed by atoms with Crippen molar-refractivity contribution in [2.75, 3.05) is 31.6 Å². The molecule has 1 N–H and O–H groups in total. The average molecular weight is 305 g/mol. The summed E-state index contributed by atoms with van der Waals surface area (Å²) in [7, 11) is 0. The molecule has 20 heavy (non-hydrogen) atoms. The summed E-state index contributed by atoms with van der Waals surface area (Å²) < 4.78 is 32.2. The Hall–Kier alpha value is -0.910. The first-order chi connectivity index (χ1) is 9.47. The highest BCUT2D eigenvalue weighted by Gasteiger charge is 2.22. The van der Waals surface area contributed by atoms with Crippen LogP contribution in [0.4, 0.5) is 14.5 Å². The van der Waals surface area contributed by atoms with E-state index >= 15 is 0 Å². The molecule has 1 aromatic rings. The van der Waals surface area contributed by atoms with Crippen molar-refractivity contribution in [2.24, 2.45) is 0 Å². The number of morpholine rings is 1. The minimum atomic E-state index is -0.688. The normalized spacial score (nSPS) is 20.4. The van der Waals surface area contributed by atoms with Crippen molar-refractivity contribution in [1.82, 2.24) is 4.90 Å². The highest BCUT2D eigenvalue weighted by Crippen LogP contribution is 2.26. The maximum absolute atomic E-state index is 13.6. The van der Waals surface area contributed by atoms with Crippen molar-refractivity contribution in [3.05, 3.63) is 28.8 Å². The van der Waals surface area contributed by atoms with Crippen molar-refractivity contribution in [2.45, 2.75) is 26.0 Å². The molecule has 1 aromatic carbocycles. The first kappa shape index (κ1) is 15.5. The topological polar surface area (TPSA) is 24.5 Å². The Labute approximate surface area is 122 Å². The van der Waals surface area contributed by atoms with Gasteiger partial charge in [-0.1, -0.05) is 11.6 Å². The maximum Gasteiger partial charge on any atom is 0.150 e. The van der Waals surface area contributed by atoms with E-state index in [0.717, 1.165) is 25.2 Å². The molecule has 1 saturated heterocycles. The molecule has 1 aliphatic heterocycles. The second-order valence-corrected chi connectivity index (χ2v) is 5.61. The lowest BCUT2D eigenvalue weighted by atomic mass is 10.2. The zero-order chi connectivity index (χ0) is 14.7. The highest BCUT2D eigenvalue weighted by atomic mass is 35.5. The van der Waals surface area contributed by atoms with Crippen LogP contribution in [-0.4, -0.2) is 43.3 Å². The number of nitrogens with one attached hydrogen (secondary N) is 1. The van der Waals surface area contributed by atoms with E-state index in [2.05, 4.69) is 24.1 Å². The van der Waals surface area contributed by atoms with Gasteiger partial charge in [0.1, 0.15) is 5.82 Å². The Bertz CT molecular complexity index is 447. The van der Waals surface area contributed by atoms with E-state index in [9.17, 15) is 8.78 Å². The van der Waals surface area contributed by atoms with Gasteiger partial charge in [0, 0.05) is 31.7 Å². The Morgan fingerprint density at radius 1 is 1.45 bits per heavy atom. The molecule has 0 aliphatic carbocycles. The number of benzene rings is 1. The molecule has 0 bridgehead atoms. The zero-order valence-corrected chi connectivity index (χ0v) is 12.4. The average Bonchev–Trinajstić information content (AvgIpc) is 2.37.